The lowest BCUT2D eigenvalue weighted by Crippen LogP contribution is -2.54. The highest BCUT2D eigenvalue weighted by molar-refractivity contribution is 6.02. The molecule has 0 spiro atoms. The summed E-state index contributed by atoms with van der Waals surface area (Å²) in [7, 11) is 4.14. The van der Waals surface area contributed by atoms with E-state index in [2.05, 4.69) is 101 Å². The predicted octanol–water partition coefficient (Wildman–Crippen LogP) is 7.99. The third kappa shape index (κ3) is 10.3. The van der Waals surface area contributed by atoms with Gasteiger partial charge in [-0.15, -0.1) is 0 Å². The van der Waals surface area contributed by atoms with E-state index in [1.807, 2.05) is 29.7 Å². The number of alkyl carbamates (subject to hydrolysis) is 2. The number of hydrogen-bond donors (Lipinski definition) is 4. The smallest absolute Gasteiger partial charge is 0.407 e. The molecule has 0 aliphatic carbocycles. The van der Waals surface area contributed by atoms with Crippen LogP contribution < -0.4 is 30.5 Å². The fourth-order valence-electron chi connectivity index (χ4n) is 10.0. The number of imidazole rings is 1. The maximum Gasteiger partial charge on any atom is 0.407 e. The van der Waals surface area contributed by atoms with Crippen LogP contribution in [0.5, 0.6) is 5.75 Å². The number of hydrogen-bond acceptors (Lipinski definition) is 11. The van der Waals surface area contributed by atoms with Crippen LogP contribution in [0.3, 0.4) is 0 Å². The molecule has 0 saturated carbocycles. The van der Waals surface area contributed by atoms with Crippen molar-refractivity contribution in [2.75, 3.05) is 44.2 Å². The highest BCUT2D eigenvalue weighted by Crippen LogP contribution is 2.49. The molecule has 67 heavy (non-hydrogen) atoms. The average molecular weight is 921 g/mol. The average Bonchev–Trinajstić information content (AvgIpc) is 4.15. The number of likely N-dealkylation sites (tertiary alicyclic amines) is 1. The Morgan fingerprint density at radius 2 is 1.34 bits per heavy atom. The molecule has 2 unspecified atom stereocenters. The first-order valence-electron chi connectivity index (χ1n) is 23.6. The largest absolute Gasteiger partial charge is 0.495 e. The summed E-state index contributed by atoms with van der Waals surface area (Å²) in [4.78, 5) is 80.3. The van der Waals surface area contributed by atoms with Gasteiger partial charge in [-0.05, 0) is 109 Å². The monoisotopic (exact) mass is 921 g/mol. The van der Waals surface area contributed by atoms with Gasteiger partial charge in [-0.25, -0.2) is 14.6 Å². The van der Waals surface area contributed by atoms with E-state index < -0.39 is 42.1 Å². The summed E-state index contributed by atoms with van der Waals surface area (Å²) in [6.07, 6.45) is 3.18. The van der Waals surface area contributed by atoms with Crippen LogP contribution in [0.25, 0.3) is 11.0 Å². The number of carbonyl (C=O) groups excluding carboxylic acids is 5. The Balaban J connectivity index is 1.19. The third-order valence-corrected chi connectivity index (χ3v) is 13.7. The standard InChI is InChI=1S/C51H68N8O8/c1-29(2)43(54-49(63)66-9)47(61)56-46(60)40-14-12-25-57(40)41-28-32(16-24-42(41)65-8)38-23-22-37(59(38)34-19-17-33(18-20-34)51(5,6)7)31-15-21-35-36(27-31)53-45(52-35)39-13-11-26-58(39)48(62)44(30(3)4)55-50(64)67-10/h15-21,24,27-30,37-40,43-44H,11-14,22-23,25-26H2,1-10H3,(H,52,53)(H,54,63)(H,55,64)(H,56,60,61)/t37?,38?,39-,40-,43-,44-/m0/s1. The summed E-state index contributed by atoms with van der Waals surface area (Å²) in [5.74, 6) is -0.256. The van der Waals surface area contributed by atoms with E-state index in [9.17, 15) is 24.0 Å². The molecule has 6 atom stereocenters. The van der Waals surface area contributed by atoms with Crippen LogP contribution in [0.4, 0.5) is 21.0 Å². The number of ether oxygens (including phenoxy) is 3. The fraction of sp³-hybridized carbons (Fsp3) is 0.529. The highest BCUT2D eigenvalue weighted by Gasteiger charge is 2.41. The minimum atomic E-state index is -0.951. The van der Waals surface area contributed by atoms with Gasteiger partial charge in [0.2, 0.25) is 17.7 Å². The maximum absolute atomic E-state index is 13.9. The zero-order chi connectivity index (χ0) is 48.3. The quantitative estimate of drug-likeness (QED) is 0.102. The number of benzene rings is 3. The van der Waals surface area contributed by atoms with E-state index in [1.54, 1.807) is 21.0 Å². The SMILES string of the molecule is COC(=O)N[C@H](C(=O)NC(=O)[C@@H]1CCCN1c1cc(C2CCC(c3ccc4nc([C@@H]5CCCN5C(=O)[C@@H](NC(=O)OC)C(C)C)[nH]c4c3)N2c2ccc(C(C)(C)C)cc2)ccc1OC)C(C)C. The van der Waals surface area contributed by atoms with Gasteiger partial charge in [-0.3, -0.25) is 19.7 Å². The molecule has 4 N–H and O–H groups in total. The molecular weight excluding hydrogens is 853 g/mol. The number of fused-ring (bicyclic) bond motifs is 1. The predicted molar refractivity (Wildman–Crippen MR) is 257 cm³/mol. The maximum atomic E-state index is 13.9. The van der Waals surface area contributed by atoms with Crippen LogP contribution in [0.2, 0.25) is 0 Å². The van der Waals surface area contributed by atoms with Crippen molar-refractivity contribution in [2.45, 2.75) is 129 Å². The van der Waals surface area contributed by atoms with Crippen molar-refractivity contribution in [3.05, 3.63) is 83.2 Å². The third-order valence-electron chi connectivity index (χ3n) is 13.7. The number of carbonyl (C=O) groups is 5. The molecular formula is C51H68N8O8. The van der Waals surface area contributed by atoms with Gasteiger partial charge < -0.3 is 44.5 Å². The Hall–Kier alpha value is -6.32. The lowest BCUT2D eigenvalue weighted by atomic mass is 9.87. The first kappa shape index (κ1) is 48.6. The number of aromatic nitrogens is 2. The molecule has 4 aromatic rings. The molecule has 3 aliphatic heterocycles. The van der Waals surface area contributed by atoms with Gasteiger partial charge in [-0.2, -0.15) is 0 Å². The summed E-state index contributed by atoms with van der Waals surface area (Å²) < 4.78 is 15.5. The van der Waals surface area contributed by atoms with E-state index in [-0.39, 0.29) is 41.3 Å². The highest BCUT2D eigenvalue weighted by atomic mass is 16.5. The Morgan fingerprint density at radius 3 is 1.96 bits per heavy atom. The van der Waals surface area contributed by atoms with Crippen molar-refractivity contribution in [1.82, 2.24) is 30.8 Å². The second kappa shape index (κ2) is 20.3. The molecule has 5 amide bonds. The van der Waals surface area contributed by atoms with Gasteiger partial charge in [0, 0.05) is 18.8 Å². The summed E-state index contributed by atoms with van der Waals surface area (Å²) in [5, 5.41) is 7.86. The molecule has 1 aromatic heterocycles. The summed E-state index contributed by atoms with van der Waals surface area (Å²) in [5.41, 5.74) is 6.96. The molecule has 4 heterocycles. The molecule has 16 nitrogen and oxygen atoms in total. The minimum Gasteiger partial charge on any atom is -0.495 e. The van der Waals surface area contributed by atoms with Crippen LogP contribution in [0.15, 0.2) is 60.7 Å². The summed E-state index contributed by atoms with van der Waals surface area (Å²) >= 11 is 0. The second-order valence-corrected chi connectivity index (χ2v) is 19.8. The number of nitrogens with one attached hydrogen (secondary N) is 4. The number of aromatic amines is 1. The topological polar surface area (TPSA) is 188 Å². The van der Waals surface area contributed by atoms with E-state index >= 15 is 0 Å². The number of amides is 5. The number of rotatable bonds is 13. The molecule has 16 heteroatoms. The van der Waals surface area contributed by atoms with Gasteiger partial charge >= 0.3 is 12.2 Å². The first-order valence-corrected chi connectivity index (χ1v) is 23.6. The molecule has 0 radical (unpaired) electrons. The lowest BCUT2D eigenvalue weighted by molar-refractivity contribution is -0.135. The van der Waals surface area contributed by atoms with E-state index in [4.69, 9.17) is 19.2 Å². The normalized spacial score (nSPS) is 20.6. The molecule has 0 bridgehead atoms. The van der Waals surface area contributed by atoms with E-state index in [1.165, 1.54) is 19.8 Å². The second-order valence-electron chi connectivity index (χ2n) is 19.8. The van der Waals surface area contributed by atoms with Crippen molar-refractivity contribution in [2.24, 2.45) is 11.8 Å². The fourth-order valence-corrected chi connectivity index (χ4v) is 10.0. The van der Waals surface area contributed by atoms with Crippen molar-refractivity contribution >= 4 is 52.3 Å². The van der Waals surface area contributed by atoms with Crippen LogP contribution in [0, 0.1) is 11.8 Å². The molecule has 3 aromatic carbocycles. The van der Waals surface area contributed by atoms with Crippen LogP contribution in [-0.2, 0) is 29.3 Å². The number of anilines is 2. The number of methoxy groups -OCH3 is 3. The van der Waals surface area contributed by atoms with Crippen molar-refractivity contribution in [3.63, 3.8) is 0 Å². The minimum absolute atomic E-state index is 0.00299. The van der Waals surface area contributed by atoms with Gasteiger partial charge in [0.1, 0.15) is 29.7 Å². The molecule has 3 fully saturated rings. The van der Waals surface area contributed by atoms with Crippen molar-refractivity contribution < 1.29 is 38.2 Å². The number of nitrogens with zero attached hydrogens (tertiary/aromatic N) is 4. The van der Waals surface area contributed by atoms with E-state index in [0.29, 0.717) is 25.3 Å². The summed E-state index contributed by atoms with van der Waals surface area (Å²) in [6, 6.07) is 18.8. The lowest BCUT2D eigenvalue weighted by Gasteiger charge is -2.35. The van der Waals surface area contributed by atoms with E-state index in [0.717, 1.165) is 71.5 Å². The Morgan fingerprint density at radius 1 is 0.731 bits per heavy atom. The zero-order valence-corrected chi connectivity index (χ0v) is 40.6. The number of imide groups is 1. The van der Waals surface area contributed by atoms with Crippen molar-refractivity contribution in [3.8, 4) is 5.75 Å². The van der Waals surface area contributed by atoms with Crippen LogP contribution in [-0.4, -0.2) is 97.3 Å². The van der Waals surface area contributed by atoms with Gasteiger partial charge in [0.15, 0.2) is 0 Å². The molecule has 360 valence electrons. The Kier molecular flexibility index (Phi) is 14.7. The van der Waals surface area contributed by atoms with Gasteiger partial charge in [0.25, 0.3) is 0 Å². The Labute approximate surface area is 393 Å². The van der Waals surface area contributed by atoms with Crippen LogP contribution in [0.1, 0.15) is 128 Å². The zero-order valence-electron chi connectivity index (χ0n) is 40.6. The summed E-state index contributed by atoms with van der Waals surface area (Å²) in [6.45, 7) is 15.2. The van der Waals surface area contributed by atoms with Gasteiger partial charge in [-0.1, -0.05) is 72.7 Å². The molecule has 3 aliphatic rings. The molecule has 7 rings (SSSR count). The first-order chi connectivity index (χ1) is 31.9. The van der Waals surface area contributed by atoms with Crippen LogP contribution >= 0.6 is 0 Å². The van der Waals surface area contributed by atoms with Gasteiger partial charge in [0.05, 0.1) is 56.2 Å². The Bertz CT molecular complexity index is 2440. The number of H-pyrrole nitrogens is 1. The van der Waals surface area contributed by atoms with Crippen molar-refractivity contribution in [1.29, 1.82) is 0 Å². The molecule has 3 saturated heterocycles.